The van der Waals surface area contributed by atoms with Crippen LogP contribution in [0.4, 0.5) is 5.69 Å². The molecule has 0 bridgehead atoms. The molecule has 146 valence electrons. The van der Waals surface area contributed by atoms with Gasteiger partial charge in [-0.1, -0.05) is 12.1 Å². The third kappa shape index (κ3) is 4.08. The van der Waals surface area contributed by atoms with Gasteiger partial charge in [-0.3, -0.25) is 9.69 Å². The van der Waals surface area contributed by atoms with E-state index in [1.807, 2.05) is 48.7 Å². The van der Waals surface area contributed by atoms with Crippen LogP contribution in [0.25, 0.3) is 5.65 Å². The minimum absolute atomic E-state index is 0.138. The van der Waals surface area contributed by atoms with Crippen LogP contribution in [-0.2, 0) is 11.2 Å². The van der Waals surface area contributed by atoms with Crippen LogP contribution >= 0.6 is 0 Å². The molecule has 3 aromatic rings. The van der Waals surface area contributed by atoms with Gasteiger partial charge in [0.1, 0.15) is 5.65 Å². The van der Waals surface area contributed by atoms with E-state index in [2.05, 4.69) is 27.3 Å². The number of benzene rings is 1. The number of carbonyl (C=O) groups excluding carboxylic acids is 1. The van der Waals surface area contributed by atoms with E-state index in [1.54, 1.807) is 0 Å². The maximum absolute atomic E-state index is 12.7. The molecule has 0 atom stereocenters. The lowest BCUT2D eigenvalue weighted by Gasteiger charge is -2.26. The van der Waals surface area contributed by atoms with E-state index >= 15 is 0 Å². The van der Waals surface area contributed by atoms with E-state index in [1.165, 1.54) is 5.56 Å². The Balaban J connectivity index is 1.41. The lowest BCUT2D eigenvalue weighted by atomic mass is 10.1. The summed E-state index contributed by atoms with van der Waals surface area (Å²) in [6.45, 7) is 8.66. The molecule has 0 aliphatic carbocycles. The lowest BCUT2D eigenvalue weighted by Crippen LogP contribution is -2.37. The average molecular weight is 378 g/mol. The van der Waals surface area contributed by atoms with Crippen molar-refractivity contribution in [2.24, 2.45) is 0 Å². The zero-order valence-corrected chi connectivity index (χ0v) is 16.4. The zero-order chi connectivity index (χ0) is 19.5. The molecule has 0 spiro atoms. The van der Waals surface area contributed by atoms with Gasteiger partial charge >= 0.3 is 0 Å². The quantitative estimate of drug-likeness (QED) is 0.741. The molecule has 1 N–H and O–H groups in total. The van der Waals surface area contributed by atoms with E-state index in [0.717, 1.165) is 56.3 Å². The Hall–Kier alpha value is -2.70. The molecule has 6 heteroatoms. The summed E-state index contributed by atoms with van der Waals surface area (Å²) in [4.78, 5) is 19.7. The van der Waals surface area contributed by atoms with Crippen molar-refractivity contribution in [2.75, 3.05) is 38.2 Å². The molecule has 0 saturated carbocycles. The molecule has 0 unspecified atom stereocenters. The average Bonchev–Trinajstić information content (AvgIpc) is 3.12. The largest absolute Gasteiger partial charge is 0.379 e. The highest BCUT2D eigenvalue weighted by molar-refractivity contribution is 6.08. The fourth-order valence-electron chi connectivity index (χ4n) is 3.64. The Morgan fingerprint density at radius 2 is 1.89 bits per heavy atom. The van der Waals surface area contributed by atoms with Crippen molar-refractivity contribution in [3.05, 3.63) is 65.1 Å². The highest BCUT2D eigenvalue weighted by atomic mass is 16.5. The number of anilines is 1. The molecule has 1 amide bonds. The molecule has 1 aliphatic heterocycles. The third-order valence-corrected chi connectivity index (χ3v) is 5.22. The van der Waals surface area contributed by atoms with Crippen molar-refractivity contribution in [1.29, 1.82) is 0 Å². The van der Waals surface area contributed by atoms with Crippen molar-refractivity contribution < 1.29 is 9.53 Å². The number of nitrogens with zero attached hydrogens (tertiary/aromatic N) is 3. The topological polar surface area (TPSA) is 58.9 Å². The molecule has 1 aliphatic rings. The summed E-state index contributed by atoms with van der Waals surface area (Å²) in [5.74, 6) is -0.138. The number of rotatable bonds is 5. The number of amides is 1. The molecule has 2 aromatic heterocycles. The number of hydrogen-bond donors (Lipinski definition) is 1. The molecule has 28 heavy (non-hydrogen) atoms. The number of morpholine rings is 1. The van der Waals surface area contributed by atoms with Crippen molar-refractivity contribution in [2.45, 2.75) is 20.3 Å². The summed E-state index contributed by atoms with van der Waals surface area (Å²) >= 11 is 0. The number of aryl methyl sites for hydroxylation is 2. The highest BCUT2D eigenvalue weighted by Gasteiger charge is 2.14. The summed E-state index contributed by atoms with van der Waals surface area (Å²) in [5, 5.41) is 2.99. The van der Waals surface area contributed by atoms with Gasteiger partial charge in [0.15, 0.2) is 0 Å². The Bertz CT molecular complexity index is 972. The van der Waals surface area contributed by atoms with Gasteiger partial charge < -0.3 is 14.5 Å². The number of nitrogens with one attached hydrogen (secondary N) is 1. The summed E-state index contributed by atoms with van der Waals surface area (Å²) in [5.41, 5.74) is 5.31. The van der Waals surface area contributed by atoms with Gasteiger partial charge in [0.25, 0.3) is 5.91 Å². The van der Waals surface area contributed by atoms with Gasteiger partial charge in [-0.25, -0.2) is 4.98 Å². The second-order valence-electron chi connectivity index (χ2n) is 7.32. The maximum Gasteiger partial charge on any atom is 0.259 e. The minimum atomic E-state index is -0.138. The summed E-state index contributed by atoms with van der Waals surface area (Å²) in [6, 6.07) is 11.9. The summed E-state index contributed by atoms with van der Waals surface area (Å²) < 4.78 is 7.33. The normalized spacial score (nSPS) is 15.1. The van der Waals surface area contributed by atoms with Crippen LogP contribution < -0.4 is 5.32 Å². The fourth-order valence-corrected chi connectivity index (χ4v) is 3.64. The van der Waals surface area contributed by atoms with Gasteiger partial charge in [0, 0.05) is 42.9 Å². The number of carbonyl (C=O) groups is 1. The van der Waals surface area contributed by atoms with Gasteiger partial charge in [0.2, 0.25) is 0 Å². The second-order valence-corrected chi connectivity index (χ2v) is 7.32. The van der Waals surface area contributed by atoms with E-state index in [9.17, 15) is 4.79 Å². The number of ether oxygens (including phenoxy) is 1. The third-order valence-electron chi connectivity index (χ3n) is 5.22. The van der Waals surface area contributed by atoms with Crippen LogP contribution in [0.5, 0.6) is 0 Å². The summed E-state index contributed by atoms with van der Waals surface area (Å²) in [7, 11) is 0. The smallest absolute Gasteiger partial charge is 0.259 e. The van der Waals surface area contributed by atoms with E-state index < -0.39 is 0 Å². The van der Waals surface area contributed by atoms with Gasteiger partial charge in [0.05, 0.1) is 18.8 Å². The molecular weight excluding hydrogens is 352 g/mol. The molecular formula is C22H26N4O2. The predicted molar refractivity (Wildman–Crippen MR) is 110 cm³/mol. The van der Waals surface area contributed by atoms with Crippen LogP contribution in [0.2, 0.25) is 0 Å². The molecule has 3 heterocycles. The molecule has 1 saturated heterocycles. The minimum Gasteiger partial charge on any atom is -0.379 e. The first-order chi connectivity index (χ1) is 13.6. The van der Waals surface area contributed by atoms with Crippen LogP contribution in [0.3, 0.4) is 0 Å². The van der Waals surface area contributed by atoms with Gasteiger partial charge in [-0.2, -0.15) is 0 Å². The van der Waals surface area contributed by atoms with Crippen molar-refractivity contribution >= 4 is 17.2 Å². The highest BCUT2D eigenvalue weighted by Crippen LogP contribution is 2.17. The standard InChI is InChI=1S/C22H26N4O2/c1-16-15-17(2)26-10-8-20(21(26)23-16)22(27)24-19-5-3-18(4-6-19)7-9-25-11-13-28-14-12-25/h3-6,8,10,15H,7,9,11-14H2,1-2H3,(H,24,27). The Kier molecular flexibility index (Phi) is 5.41. The van der Waals surface area contributed by atoms with Crippen molar-refractivity contribution in [1.82, 2.24) is 14.3 Å². The molecule has 0 radical (unpaired) electrons. The maximum atomic E-state index is 12.7. The predicted octanol–water partition coefficient (Wildman–Crippen LogP) is 3.08. The Labute approximate surface area is 165 Å². The van der Waals surface area contributed by atoms with Crippen LogP contribution in [-0.4, -0.2) is 53.0 Å². The fraction of sp³-hybridized carbons (Fsp3) is 0.364. The lowest BCUT2D eigenvalue weighted by molar-refractivity contribution is 0.0384. The van der Waals surface area contributed by atoms with E-state index in [4.69, 9.17) is 4.74 Å². The molecule has 4 rings (SSSR count). The Morgan fingerprint density at radius 1 is 1.14 bits per heavy atom. The summed E-state index contributed by atoms with van der Waals surface area (Å²) in [6.07, 6.45) is 2.89. The zero-order valence-electron chi connectivity index (χ0n) is 16.4. The van der Waals surface area contributed by atoms with Gasteiger partial charge in [-0.05, 0) is 50.1 Å². The Morgan fingerprint density at radius 3 is 2.64 bits per heavy atom. The van der Waals surface area contributed by atoms with Crippen LogP contribution in [0.15, 0.2) is 42.6 Å². The molecule has 6 nitrogen and oxygen atoms in total. The van der Waals surface area contributed by atoms with E-state index in [0.29, 0.717) is 11.2 Å². The first-order valence-corrected chi connectivity index (χ1v) is 9.76. The number of fused-ring (bicyclic) bond motifs is 1. The van der Waals surface area contributed by atoms with Crippen molar-refractivity contribution in [3.63, 3.8) is 0 Å². The second kappa shape index (κ2) is 8.12. The first-order valence-electron chi connectivity index (χ1n) is 9.76. The van der Waals surface area contributed by atoms with Gasteiger partial charge in [-0.15, -0.1) is 0 Å². The SMILES string of the molecule is Cc1cc(C)n2ccc(C(=O)Nc3ccc(CCN4CCOCC4)cc3)c2n1. The molecule has 1 aromatic carbocycles. The monoisotopic (exact) mass is 378 g/mol. The van der Waals surface area contributed by atoms with Crippen LogP contribution in [0.1, 0.15) is 27.3 Å². The van der Waals surface area contributed by atoms with Crippen LogP contribution in [0, 0.1) is 13.8 Å². The first kappa shape index (κ1) is 18.7. The number of aromatic nitrogens is 2. The molecule has 1 fully saturated rings. The van der Waals surface area contributed by atoms with Crippen molar-refractivity contribution in [3.8, 4) is 0 Å². The van der Waals surface area contributed by atoms with E-state index in [-0.39, 0.29) is 5.91 Å². The number of hydrogen-bond acceptors (Lipinski definition) is 4.